The Balaban J connectivity index is 5.50. The average molecular weight is 489 g/mol. The number of carbonyl (C=O) groups excluding carboxylic acids is 3. The van der Waals surface area contributed by atoms with Gasteiger partial charge in [-0.25, -0.2) is 4.79 Å². The molecule has 0 aromatic rings. The third-order valence-electron chi connectivity index (χ3n) is 5.00. The Morgan fingerprint density at radius 3 is 1.65 bits per heavy atom. The van der Waals surface area contributed by atoms with E-state index >= 15 is 0 Å². The van der Waals surface area contributed by atoms with Crippen molar-refractivity contribution >= 4 is 29.7 Å². The van der Waals surface area contributed by atoms with E-state index in [0.717, 1.165) is 0 Å². The largest absolute Gasteiger partial charge is 0.481 e. The normalized spacial score (nSPS) is 15.9. The van der Waals surface area contributed by atoms with Crippen molar-refractivity contribution in [3.05, 3.63) is 0 Å². The van der Waals surface area contributed by atoms with Gasteiger partial charge in [-0.3, -0.25) is 19.2 Å². The molecule has 0 aliphatic carbocycles. The monoisotopic (exact) mass is 488 g/mol. The summed E-state index contributed by atoms with van der Waals surface area (Å²) in [4.78, 5) is 60.3. The molecule has 0 rings (SSSR count). The number of hydrogen-bond donors (Lipinski definition) is 7. The minimum Gasteiger partial charge on any atom is -0.481 e. The van der Waals surface area contributed by atoms with Crippen molar-refractivity contribution < 1.29 is 39.3 Å². The van der Waals surface area contributed by atoms with Crippen LogP contribution in [0.25, 0.3) is 0 Å². The Bertz CT molecular complexity index is 726. The maximum absolute atomic E-state index is 13.0. The molecule has 12 heteroatoms. The van der Waals surface area contributed by atoms with Gasteiger partial charge in [-0.2, -0.15) is 0 Å². The molecule has 12 nitrogen and oxygen atoms in total. The van der Waals surface area contributed by atoms with E-state index in [1.807, 2.05) is 13.8 Å². The Morgan fingerprint density at radius 2 is 1.24 bits per heavy atom. The van der Waals surface area contributed by atoms with E-state index in [4.69, 9.17) is 10.8 Å². The van der Waals surface area contributed by atoms with Crippen molar-refractivity contribution in [2.24, 2.45) is 23.5 Å². The van der Waals surface area contributed by atoms with Gasteiger partial charge >= 0.3 is 11.9 Å². The number of hydrogen-bond acceptors (Lipinski definition) is 7. The van der Waals surface area contributed by atoms with Crippen LogP contribution in [0.2, 0.25) is 0 Å². The summed E-state index contributed by atoms with van der Waals surface area (Å²) < 4.78 is 0. The third kappa shape index (κ3) is 11.4. The van der Waals surface area contributed by atoms with E-state index in [1.165, 1.54) is 0 Å². The van der Waals surface area contributed by atoms with Crippen LogP contribution in [-0.2, 0) is 24.0 Å². The fourth-order valence-electron chi connectivity index (χ4n) is 3.25. The number of amides is 3. The SMILES string of the molecule is CC(C)CC(NC(=O)C(NC(=O)C(O)C(N)CC(C)C)C(C)C)C(=O)NC(CC(=O)O)C(=O)O. The molecule has 0 aromatic carbocycles. The first-order chi connectivity index (χ1) is 15.6. The molecule has 5 atom stereocenters. The Kier molecular flexibility index (Phi) is 13.3. The maximum Gasteiger partial charge on any atom is 0.326 e. The Morgan fingerprint density at radius 1 is 0.735 bits per heavy atom. The molecule has 0 bridgehead atoms. The number of nitrogens with one attached hydrogen (secondary N) is 3. The molecule has 8 N–H and O–H groups in total. The maximum atomic E-state index is 13.0. The molecule has 0 saturated carbocycles. The van der Waals surface area contributed by atoms with Gasteiger partial charge < -0.3 is 37.0 Å². The molecule has 0 radical (unpaired) electrons. The number of carboxylic acid groups (broad SMARTS) is 2. The minimum atomic E-state index is -1.67. The number of carbonyl (C=O) groups is 5. The Labute approximate surface area is 200 Å². The van der Waals surface area contributed by atoms with Crippen LogP contribution in [0.3, 0.4) is 0 Å². The summed E-state index contributed by atoms with van der Waals surface area (Å²) in [7, 11) is 0. The summed E-state index contributed by atoms with van der Waals surface area (Å²) in [6.45, 7) is 10.7. The number of rotatable bonds is 15. The lowest BCUT2D eigenvalue weighted by atomic mass is 9.97. The first-order valence-corrected chi connectivity index (χ1v) is 11.4. The van der Waals surface area contributed by atoms with Crippen molar-refractivity contribution in [3.63, 3.8) is 0 Å². The second-order valence-electron chi connectivity index (χ2n) is 9.66. The lowest BCUT2D eigenvalue weighted by Gasteiger charge is -2.28. The second kappa shape index (κ2) is 14.5. The molecule has 0 aromatic heterocycles. The molecule has 5 unspecified atom stereocenters. The topological polar surface area (TPSA) is 208 Å². The van der Waals surface area contributed by atoms with Crippen molar-refractivity contribution in [1.82, 2.24) is 16.0 Å². The van der Waals surface area contributed by atoms with Crippen LogP contribution in [0.4, 0.5) is 0 Å². The molecular formula is C22H40N4O8. The Hall–Kier alpha value is -2.73. The first-order valence-electron chi connectivity index (χ1n) is 11.4. The van der Waals surface area contributed by atoms with Gasteiger partial charge in [-0.15, -0.1) is 0 Å². The van der Waals surface area contributed by atoms with Crippen LogP contribution in [0.5, 0.6) is 0 Å². The molecule has 3 amide bonds. The smallest absolute Gasteiger partial charge is 0.326 e. The van der Waals surface area contributed by atoms with Crippen molar-refractivity contribution in [3.8, 4) is 0 Å². The standard InChI is InChI=1S/C22H40N4O8/c1-10(2)7-13(23)18(29)21(32)26-17(12(5)6)20(31)24-14(8-11(3)4)19(30)25-15(22(33)34)9-16(27)28/h10-15,17-18,29H,7-9,23H2,1-6H3,(H,24,31)(H,25,30)(H,26,32)(H,27,28)(H,33,34). The number of aliphatic hydroxyl groups excluding tert-OH is 1. The van der Waals surface area contributed by atoms with Crippen LogP contribution >= 0.6 is 0 Å². The highest BCUT2D eigenvalue weighted by Gasteiger charge is 2.33. The summed E-state index contributed by atoms with van der Waals surface area (Å²) in [5.74, 6) is -5.67. The van der Waals surface area contributed by atoms with E-state index in [-0.39, 0.29) is 18.3 Å². The lowest BCUT2D eigenvalue weighted by Crippen LogP contribution is -2.59. The van der Waals surface area contributed by atoms with Crippen LogP contribution in [0.1, 0.15) is 60.8 Å². The van der Waals surface area contributed by atoms with E-state index < -0.39 is 72.3 Å². The summed E-state index contributed by atoms with van der Waals surface area (Å²) >= 11 is 0. The summed E-state index contributed by atoms with van der Waals surface area (Å²) in [6, 6.07) is -4.77. The van der Waals surface area contributed by atoms with Crippen molar-refractivity contribution in [1.29, 1.82) is 0 Å². The van der Waals surface area contributed by atoms with Crippen LogP contribution in [-0.4, -0.2) is 75.3 Å². The number of aliphatic carboxylic acids is 2. The van der Waals surface area contributed by atoms with Gasteiger partial charge in [0, 0.05) is 6.04 Å². The molecule has 0 spiro atoms. The fraction of sp³-hybridized carbons (Fsp3) is 0.773. The van der Waals surface area contributed by atoms with Gasteiger partial charge in [0.15, 0.2) is 0 Å². The highest BCUT2D eigenvalue weighted by Crippen LogP contribution is 2.11. The van der Waals surface area contributed by atoms with Gasteiger partial charge in [-0.05, 0) is 30.6 Å². The predicted molar refractivity (Wildman–Crippen MR) is 123 cm³/mol. The highest BCUT2D eigenvalue weighted by molar-refractivity contribution is 5.94. The quantitative estimate of drug-likeness (QED) is 0.157. The van der Waals surface area contributed by atoms with Gasteiger partial charge in [-0.1, -0.05) is 41.5 Å². The molecule has 0 saturated heterocycles. The summed E-state index contributed by atoms with van der Waals surface area (Å²) in [5.41, 5.74) is 5.87. The molecule has 0 aliphatic heterocycles. The van der Waals surface area contributed by atoms with E-state index in [2.05, 4.69) is 16.0 Å². The van der Waals surface area contributed by atoms with E-state index in [9.17, 15) is 34.2 Å². The van der Waals surface area contributed by atoms with E-state index in [1.54, 1.807) is 27.7 Å². The highest BCUT2D eigenvalue weighted by atomic mass is 16.4. The number of nitrogens with two attached hydrogens (primary N) is 1. The summed E-state index contributed by atoms with van der Waals surface area (Å²) in [6.07, 6.45) is -1.83. The zero-order chi connectivity index (χ0) is 26.7. The number of aliphatic hydroxyl groups is 1. The van der Waals surface area contributed by atoms with Crippen LogP contribution in [0.15, 0.2) is 0 Å². The third-order valence-corrected chi connectivity index (χ3v) is 5.00. The molecule has 0 heterocycles. The molecule has 34 heavy (non-hydrogen) atoms. The van der Waals surface area contributed by atoms with Crippen LogP contribution < -0.4 is 21.7 Å². The predicted octanol–water partition coefficient (Wildman–Crippen LogP) is -0.563. The van der Waals surface area contributed by atoms with Gasteiger partial charge in [0.05, 0.1) is 6.42 Å². The van der Waals surface area contributed by atoms with Gasteiger partial charge in [0.25, 0.3) is 5.91 Å². The fourth-order valence-corrected chi connectivity index (χ4v) is 3.25. The molecule has 0 aliphatic rings. The van der Waals surface area contributed by atoms with Crippen LogP contribution in [0, 0.1) is 17.8 Å². The van der Waals surface area contributed by atoms with E-state index in [0.29, 0.717) is 6.42 Å². The van der Waals surface area contributed by atoms with Gasteiger partial charge in [0.1, 0.15) is 24.2 Å². The van der Waals surface area contributed by atoms with Gasteiger partial charge in [0.2, 0.25) is 11.8 Å². The second-order valence-corrected chi connectivity index (χ2v) is 9.66. The zero-order valence-electron chi connectivity index (χ0n) is 20.7. The molecular weight excluding hydrogens is 448 g/mol. The zero-order valence-corrected chi connectivity index (χ0v) is 20.7. The molecule has 196 valence electrons. The van der Waals surface area contributed by atoms with Crippen molar-refractivity contribution in [2.75, 3.05) is 0 Å². The lowest BCUT2D eigenvalue weighted by molar-refractivity contribution is -0.147. The first kappa shape index (κ1) is 31.3. The minimum absolute atomic E-state index is 0.0817. The summed E-state index contributed by atoms with van der Waals surface area (Å²) in [5, 5.41) is 35.4. The van der Waals surface area contributed by atoms with Crippen molar-refractivity contribution in [2.45, 2.75) is 91.1 Å². The number of carboxylic acids is 2. The molecule has 0 fully saturated rings. The average Bonchev–Trinajstić information content (AvgIpc) is 2.68.